The van der Waals surface area contributed by atoms with Crippen molar-refractivity contribution in [3.8, 4) is 0 Å². The van der Waals surface area contributed by atoms with E-state index in [1.54, 1.807) is 6.92 Å². The fourth-order valence-electron chi connectivity index (χ4n) is 0.270. The number of rotatable bonds is 4. The fraction of sp³-hybridized carbons (Fsp3) is 0.714. The zero-order valence-corrected chi connectivity index (χ0v) is 8.07. The highest BCUT2D eigenvalue weighted by atomic mass is 16.4. The molecule has 0 fully saturated rings. The van der Waals surface area contributed by atoms with Gasteiger partial charge in [-0.3, -0.25) is 0 Å². The highest BCUT2D eigenvalue weighted by molar-refractivity contribution is 5.83. The van der Waals surface area contributed by atoms with Gasteiger partial charge >= 0.3 is 11.9 Å². The van der Waals surface area contributed by atoms with Crippen molar-refractivity contribution in [1.82, 2.24) is 0 Å². The molecule has 0 aliphatic rings. The zero-order chi connectivity index (χ0) is 12.6. The first-order valence-electron chi connectivity index (χ1n) is 3.93. The molecule has 0 bridgehead atoms. The van der Waals surface area contributed by atoms with Crippen LogP contribution in [-0.4, -0.2) is 62.3 Å². The summed E-state index contributed by atoms with van der Waals surface area (Å²) in [6.45, 7) is 2.01. The van der Waals surface area contributed by atoms with Crippen LogP contribution < -0.4 is 5.73 Å². The summed E-state index contributed by atoms with van der Waals surface area (Å²) in [6.07, 6.45) is -4.87. The number of aliphatic carboxylic acids is 2. The maximum absolute atomic E-state index is 9.77. The minimum atomic E-state index is -2.27. The van der Waals surface area contributed by atoms with Crippen molar-refractivity contribution >= 4 is 11.9 Å². The van der Waals surface area contributed by atoms with E-state index >= 15 is 0 Å². The molecule has 0 unspecified atom stereocenters. The highest BCUT2D eigenvalue weighted by Crippen LogP contribution is 1.92. The molecule has 0 saturated heterocycles. The molecule has 0 saturated carbocycles. The fourth-order valence-corrected chi connectivity index (χ4v) is 0.270. The van der Waals surface area contributed by atoms with Crippen molar-refractivity contribution in [2.45, 2.75) is 25.2 Å². The minimum absolute atomic E-state index is 0.338. The van der Waals surface area contributed by atoms with E-state index in [9.17, 15) is 9.59 Å². The summed E-state index contributed by atoms with van der Waals surface area (Å²) in [5.74, 6) is -3.54. The van der Waals surface area contributed by atoms with E-state index in [4.69, 9.17) is 31.3 Å². The number of aliphatic hydroxyl groups excluding tert-OH is 3. The van der Waals surface area contributed by atoms with Crippen molar-refractivity contribution in [1.29, 1.82) is 0 Å². The van der Waals surface area contributed by atoms with Crippen molar-refractivity contribution in [2.24, 2.45) is 5.73 Å². The van der Waals surface area contributed by atoms with E-state index in [1.165, 1.54) is 0 Å². The van der Waals surface area contributed by atoms with Crippen LogP contribution in [-0.2, 0) is 9.59 Å². The molecule has 0 heterocycles. The molecule has 0 spiro atoms. The number of carbonyl (C=O) groups is 2. The van der Waals surface area contributed by atoms with Gasteiger partial charge in [0.1, 0.15) is 0 Å². The summed E-state index contributed by atoms with van der Waals surface area (Å²) in [4.78, 5) is 19.5. The van der Waals surface area contributed by atoms with Crippen LogP contribution in [0.1, 0.15) is 6.92 Å². The third kappa shape index (κ3) is 9.09. The van der Waals surface area contributed by atoms with Gasteiger partial charge in [-0.05, 0) is 6.92 Å². The normalized spacial score (nSPS) is 15.5. The first kappa shape index (κ1) is 16.2. The van der Waals surface area contributed by atoms with Gasteiger partial charge in [0, 0.05) is 6.54 Å². The molecular weight excluding hydrogens is 210 g/mol. The van der Waals surface area contributed by atoms with Gasteiger partial charge < -0.3 is 31.3 Å². The molecule has 3 atom stereocenters. The van der Waals surface area contributed by atoms with Crippen LogP contribution in [0, 0.1) is 0 Å². The topological polar surface area (TPSA) is 161 Å². The van der Waals surface area contributed by atoms with E-state index in [1.807, 2.05) is 0 Å². The van der Waals surface area contributed by atoms with Gasteiger partial charge in [0.25, 0.3) is 0 Å². The number of carboxylic acids is 2. The molecule has 0 aromatic heterocycles. The second-order valence-corrected chi connectivity index (χ2v) is 2.65. The maximum Gasteiger partial charge on any atom is 0.335 e. The van der Waals surface area contributed by atoms with Crippen molar-refractivity contribution in [3.05, 3.63) is 0 Å². The van der Waals surface area contributed by atoms with Gasteiger partial charge in [-0.25, -0.2) is 9.59 Å². The van der Waals surface area contributed by atoms with E-state index in [0.29, 0.717) is 6.54 Å². The zero-order valence-electron chi connectivity index (χ0n) is 8.07. The van der Waals surface area contributed by atoms with E-state index in [0.717, 1.165) is 0 Å². The molecule has 8 nitrogen and oxygen atoms in total. The van der Waals surface area contributed by atoms with Gasteiger partial charge in [0.15, 0.2) is 12.2 Å². The number of aliphatic hydroxyl groups is 3. The molecule has 0 radical (unpaired) electrons. The Morgan fingerprint density at radius 3 is 1.33 bits per heavy atom. The SMILES string of the molecule is C[C@@H](O)CN.O=C(O)[C@@H](O)[C@H](O)C(=O)O. The van der Waals surface area contributed by atoms with E-state index < -0.39 is 24.1 Å². The van der Waals surface area contributed by atoms with Gasteiger partial charge in [0.2, 0.25) is 0 Å². The Morgan fingerprint density at radius 2 is 1.27 bits per heavy atom. The Hall–Kier alpha value is -1.22. The Bertz CT molecular complexity index is 188. The number of nitrogens with two attached hydrogens (primary N) is 1. The van der Waals surface area contributed by atoms with Crippen LogP contribution in [0.5, 0.6) is 0 Å². The van der Waals surface area contributed by atoms with Crippen LogP contribution in [0.3, 0.4) is 0 Å². The molecule has 0 rings (SSSR count). The average molecular weight is 225 g/mol. The van der Waals surface area contributed by atoms with Crippen molar-refractivity contribution in [2.75, 3.05) is 6.54 Å². The van der Waals surface area contributed by atoms with Crippen molar-refractivity contribution < 1.29 is 35.1 Å². The predicted molar refractivity (Wildman–Crippen MR) is 48.0 cm³/mol. The van der Waals surface area contributed by atoms with Crippen LogP contribution in [0.4, 0.5) is 0 Å². The Morgan fingerprint density at radius 1 is 1.07 bits per heavy atom. The molecule has 0 aliphatic carbocycles. The standard InChI is InChI=1S/C4H6O6.C3H9NO/c5-1(3(7)8)2(6)4(9)10;1-3(5)2-4/h1-2,5-6H,(H,7,8)(H,9,10);3,5H,2,4H2,1H3/t1-,2-;3-/m01/s1. The quantitative estimate of drug-likeness (QED) is 0.299. The Kier molecular flexibility index (Phi) is 8.78. The first-order valence-corrected chi connectivity index (χ1v) is 3.93. The largest absolute Gasteiger partial charge is 0.479 e. The lowest BCUT2D eigenvalue weighted by Crippen LogP contribution is -2.39. The lowest BCUT2D eigenvalue weighted by atomic mass is 10.2. The van der Waals surface area contributed by atoms with E-state index in [-0.39, 0.29) is 6.10 Å². The first-order chi connectivity index (χ1) is 6.73. The molecule has 0 aromatic carbocycles. The van der Waals surface area contributed by atoms with Gasteiger partial charge in [-0.15, -0.1) is 0 Å². The Balaban J connectivity index is 0. The second-order valence-electron chi connectivity index (χ2n) is 2.65. The maximum atomic E-state index is 9.77. The molecule has 0 amide bonds. The Labute approximate surface area is 85.6 Å². The average Bonchev–Trinajstić information content (AvgIpc) is 2.16. The summed E-state index contributed by atoms with van der Waals surface area (Å²) in [5, 5.41) is 40.8. The summed E-state index contributed by atoms with van der Waals surface area (Å²) < 4.78 is 0. The highest BCUT2D eigenvalue weighted by Gasteiger charge is 2.29. The second kappa shape index (κ2) is 8.12. The summed E-state index contributed by atoms with van der Waals surface area (Å²) >= 11 is 0. The molecular formula is C7H15NO7. The monoisotopic (exact) mass is 225 g/mol. The lowest BCUT2D eigenvalue weighted by molar-refractivity contribution is -0.165. The third-order valence-corrected chi connectivity index (χ3v) is 1.15. The summed E-state index contributed by atoms with van der Waals surface area (Å²) in [6, 6.07) is 0. The predicted octanol–water partition coefficient (Wildman–Crippen LogP) is -2.80. The number of carboxylic acid groups (broad SMARTS) is 2. The van der Waals surface area contributed by atoms with Crippen LogP contribution in [0.2, 0.25) is 0 Å². The minimum Gasteiger partial charge on any atom is -0.479 e. The van der Waals surface area contributed by atoms with Gasteiger partial charge in [-0.1, -0.05) is 0 Å². The molecule has 0 aliphatic heterocycles. The molecule has 0 aromatic rings. The molecule has 7 N–H and O–H groups in total. The summed E-state index contributed by atoms with van der Waals surface area (Å²) in [7, 11) is 0. The van der Waals surface area contributed by atoms with Crippen LogP contribution in [0.15, 0.2) is 0 Å². The van der Waals surface area contributed by atoms with Gasteiger partial charge in [0.05, 0.1) is 6.10 Å². The van der Waals surface area contributed by atoms with Crippen molar-refractivity contribution in [3.63, 3.8) is 0 Å². The van der Waals surface area contributed by atoms with Crippen LogP contribution >= 0.6 is 0 Å². The van der Waals surface area contributed by atoms with Crippen LogP contribution in [0.25, 0.3) is 0 Å². The van der Waals surface area contributed by atoms with Gasteiger partial charge in [-0.2, -0.15) is 0 Å². The number of hydrogen-bond donors (Lipinski definition) is 6. The lowest BCUT2D eigenvalue weighted by Gasteiger charge is -2.07. The van der Waals surface area contributed by atoms with E-state index in [2.05, 4.69) is 0 Å². The smallest absolute Gasteiger partial charge is 0.335 e. The molecule has 8 heteroatoms. The number of hydrogen-bond acceptors (Lipinski definition) is 6. The molecule has 15 heavy (non-hydrogen) atoms. The summed E-state index contributed by atoms with van der Waals surface area (Å²) in [5.41, 5.74) is 4.92. The third-order valence-electron chi connectivity index (χ3n) is 1.15. The molecule has 90 valence electrons.